The molecule has 0 unspecified atom stereocenters. The van der Waals surface area contributed by atoms with Crippen LogP contribution in [0.15, 0.2) is 63.7 Å². The summed E-state index contributed by atoms with van der Waals surface area (Å²) in [5, 5.41) is 7.44. The standard InChI is InChI=1S/C24H33N3O6S/c1-4-31-16-17-33-19-18-32-15-5-6-24(28)34(29,30)23-13-9-21(10-14-23)26-25-20-7-11-22(12-8-20)27(2)3/h7-14H,4-6,15-19H2,1-3H3. The van der Waals surface area contributed by atoms with Crippen LogP contribution in [0.5, 0.6) is 0 Å². The maximum atomic E-state index is 12.5. The van der Waals surface area contributed by atoms with Gasteiger partial charge in [0.1, 0.15) is 0 Å². The lowest BCUT2D eigenvalue weighted by molar-refractivity contribution is -0.112. The third-order valence-electron chi connectivity index (χ3n) is 4.71. The minimum atomic E-state index is -4.06. The van der Waals surface area contributed by atoms with Crippen LogP contribution in [-0.2, 0) is 28.8 Å². The van der Waals surface area contributed by atoms with Crippen LogP contribution in [0.25, 0.3) is 0 Å². The van der Waals surface area contributed by atoms with Gasteiger partial charge in [0.15, 0.2) is 0 Å². The van der Waals surface area contributed by atoms with Crippen molar-refractivity contribution in [3.63, 3.8) is 0 Å². The summed E-state index contributed by atoms with van der Waals surface area (Å²) in [6, 6.07) is 13.3. The molecule has 0 saturated heterocycles. The third-order valence-corrected chi connectivity index (χ3v) is 6.41. The molecule has 2 rings (SSSR count). The highest BCUT2D eigenvalue weighted by Gasteiger charge is 2.24. The maximum Gasteiger partial charge on any atom is 0.251 e. The van der Waals surface area contributed by atoms with Crippen LogP contribution in [-0.4, -0.2) is 67.3 Å². The van der Waals surface area contributed by atoms with Crippen molar-refractivity contribution in [3.8, 4) is 0 Å². The summed E-state index contributed by atoms with van der Waals surface area (Å²) in [6.45, 7) is 4.69. The van der Waals surface area contributed by atoms with E-state index in [1.54, 1.807) is 0 Å². The molecular weight excluding hydrogens is 458 g/mol. The summed E-state index contributed by atoms with van der Waals surface area (Å²) in [5.74, 6) is 0. The van der Waals surface area contributed by atoms with E-state index in [0.717, 1.165) is 5.69 Å². The molecule has 0 bridgehead atoms. The van der Waals surface area contributed by atoms with Crippen LogP contribution >= 0.6 is 0 Å². The topological polar surface area (TPSA) is 107 Å². The Hall–Kier alpha value is -2.66. The first-order valence-corrected chi connectivity index (χ1v) is 12.6. The maximum absolute atomic E-state index is 12.5. The van der Waals surface area contributed by atoms with Crippen molar-refractivity contribution in [1.82, 2.24) is 0 Å². The highest BCUT2D eigenvalue weighted by molar-refractivity contribution is 8.06. The molecular formula is C24H33N3O6S. The fourth-order valence-corrected chi connectivity index (χ4v) is 3.96. The Morgan fingerprint density at radius 1 is 0.794 bits per heavy atom. The van der Waals surface area contributed by atoms with Crippen LogP contribution in [0.1, 0.15) is 19.8 Å². The predicted octanol–water partition coefficient (Wildman–Crippen LogP) is 4.32. The quantitative estimate of drug-likeness (QED) is 0.270. The Kier molecular flexibility index (Phi) is 11.8. The van der Waals surface area contributed by atoms with E-state index in [9.17, 15) is 13.2 Å². The highest BCUT2D eigenvalue weighted by Crippen LogP contribution is 2.23. The summed E-state index contributed by atoms with van der Waals surface area (Å²) < 4.78 is 40.9. The molecule has 0 atom stereocenters. The number of azo groups is 1. The van der Waals surface area contributed by atoms with Gasteiger partial charge in [0.2, 0.25) is 9.84 Å². The lowest BCUT2D eigenvalue weighted by atomic mass is 10.3. The van der Waals surface area contributed by atoms with Gasteiger partial charge in [-0.15, -0.1) is 0 Å². The zero-order valence-corrected chi connectivity index (χ0v) is 20.8. The van der Waals surface area contributed by atoms with Gasteiger partial charge in [0.25, 0.3) is 5.12 Å². The van der Waals surface area contributed by atoms with Gasteiger partial charge >= 0.3 is 0 Å². The smallest absolute Gasteiger partial charge is 0.251 e. The molecule has 0 heterocycles. The number of benzene rings is 2. The summed E-state index contributed by atoms with van der Waals surface area (Å²) in [4.78, 5) is 14.2. The molecule has 0 aromatic heterocycles. The first-order chi connectivity index (χ1) is 16.3. The average molecular weight is 492 g/mol. The van der Waals surface area contributed by atoms with Crippen molar-refractivity contribution in [2.75, 3.05) is 58.6 Å². The molecule has 0 saturated carbocycles. The monoisotopic (exact) mass is 491 g/mol. The lowest BCUT2D eigenvalue weighted by Gasteiger charge is -2.11. The number of nitrogens with zero attached hydrogens (tertiary/aromatic N) is 3. The summed E-state index contributed by atoms with van der Waals surface area (Å²) in [6.07, 6.45) is 0.202. The number of hydrogen-bond acceptors (Lipinski definition) is 9. The minimum Gasteiger partial charge on any atom is -0.379 e. The third kappa shape index (κ3) is 9.30. The highest BCUT2D eigenvalue weighted by atomic mass is 32.2. The molecule has 0 fully saturated rings. The molecule has 0 aliphatic heterocycles. The Labute approximate surface area is 201 Å². The number of carbonyl (C=O) groups is 1. The number of carbonyl (C=O) groups excluding carboxylic acids is 1. The zero-order chi connectivity index (χ0) is 24.8. The molecule has 0 spiro atoms. The summed E-state index contributed by atoms with van der Waals surface area (Å²) in [5.41, 5.74) is 2.21. The van der Waals surface area contributed by atoms with Gasteiger partial charge in [0.05, 0.1) is 42.7 Å². The second-order valence-electron chi connectivity index (χ2n) is 7.51. The van der Waals surface area contributed by atoms with Crippen LogP contribution < -0.4 is 4.90 Å². The van der Waals surface area contributed by atoms with E-state index in [2.05, 4.69) is 10.2 Å². The van der Waals surface area contributed by atoms with Gasteiger partial charge in [-0.2, -0.15) is 10.2 Å². The second-order valence-corrected chi connectivity index (χ2v) is 9.44. The van der Waals surface area contributed by atoms with Crippen molar-refractivity contribution in [2.24, 2.45) is 10.2 Å². The Balaban J connectivity index is 1.77. The van der Waals surface area contributed by atoms with Crippen molar-refractivity contribution in [1.29, 1.82) is 0 Å². The van der Waals surface area contributed by atoms with Crippen molar-refractivity contribution >= 4 is 32.0 Å². The number of hydrogen-bond donors (Lipinski definition) is 0. The minimum absolute atomic E-state index is 0.0598. The molecule has 0 radical (unpaired) electrons. The molecule has 0 amide bonds. The van der Waals surface area contributed by atoms with Crippen LogP contribution in [0.2, 0.25) is 0 Å². The fourth-order valence-electron chi connectivity index (χ4n) is 2.79. The molecule has 34 heavy (non-hydrogen) atoms. The van der Waals surface area contributed by atoms with Gasteiger partial charge in [0, 0.05) is 39.4 Å². The SMILES string of the molecule is CCOCCOCCOCCCC(=O)S(=O)(=O)c1ccc(N=Nc2ccc(N(C)C)cc2)cc1. The van der Waals surface area contributed by atoms with E-state index >= 15 is 0 Å². The zero-order valence-electron chi connectivity index (χ0n) is 20.0. The first kappa shape index (κ1) is 27.6. The fraction of sp³-hybridized carbons (Fsp3) is 0.458. The average Bonchev–Trinajstić information content (AvgIpc) is 2.84. The van der Waals surface area contributed by atoms with Gasteiger partial charge in [-0.1, -0.05) is 0 Å². The molecule has 0 N–H and O–H groups in total. The van der Waals surface area contributed by atoms with Gasteiger partial charge < -0.3 is 19.1 Å². The molecule has 2 aromatic carbocycles. The number of sulfone groups is 1. The Bertz CT molecular complexity index is 1010. The van der Waals surface area contributed by atoms with Crippen molar-refractivity contribution in [2.45, 2.75) is 24.7 Å². The first-order valence-electron chi connectivity index (χ1n) is 11.1. The van der Waals surface area contributed by atoms with E-state index in [0.29, 0.717) is 50.8 Å². The van der Waals surface area contributed by atoms with Gasteiger partial charge in [-0.05, 0) is 61.9 Å². The van der Waals surface area contributed by atoms with E-state index in [1.165, 1.54) is 24.3 Å². The molecule has 10 heteroatoms. The number of rotatable bonds is 15. The predicted molar refractivity (Wildman–Crippen MR) is 131 cm³/mol. The lowest BCUT2D eigenvalue weighted by Crippen LogP contribution is -2.16. The van der Waals surface area contributed by atoms with Crippen LogP contribution in [0.3, 0.4) is 0 Å². The molecule has 2 aromatic rings. The summed E-state index contributed by atoms with van der Waals surface area (Å²) >= 11 is 0. The van der Waals surface area contributed by atoms with Crippen molar-refractivity contribution < 1.29 is 27.4 Å². The van der Waals surface area contributed by atoms with E-state index in [4.69, 9.17) is 14.2 Å². The number of anilines is 1. The largest absolute Gasteiger partial charge is 0.379 e. The second kappa shape index (κ2) is 14.6. The number of ether oxygens (including phenoxy) is 3. The Morgan fingerprint density at radius 2 is 1.29 bits per heavy atom. The van der Waals surface area contributed by atoms with Crippen LogP contribution in [0.4, 0.5) is 17.1 Å². The Morgan fingerprint density at radius 3 is 1.82 bits per heavy atom. The summed E-state index contributed by atoms with van der Waals surface area (Å²) in [7, 11) is -0.152. The van der Waals surface area contributed by atoms with E-state index < -0.39 is 15.0 Å². The van der Waals surface area contributed by atoms with Gasteiger partial charge in [-0.3, -0.25) is 4.79 Å². The van der Waals surface area contributed by atoms with E-state index in [1.807, 2.05) is 50.2 Å². The molecule has 0 aliphatic rings. The van der Waals surface area contributed by atoms with E-state index in [-0.39, 0.29) is 17.9 Å². The normalized spacial score (nSPS) is 11.7. The molecule has 9 nitrogen and oxygen atoms in total. The van der Waals surface area contributed by atoms with Gasteiger partial charge in [-0.25, -0.2) is 8.42 Å². The van der Waals surface area contributed by atoms with Crippen LogP contribution in [0, 0.1) is 0 Å². The molecule has 0 aliphatic carbocycles. The van der Waals surface area contributed by atoms with Crippen molar-refractivity contribution in [3.05, 3.63) is 48.5 Å². The molecule has 186 valence electrons.